The number of thioether (sulfide) groups is 1. The molecule has 0 saturated carbocycles. The number of nitrogens with zero attached hydrogens (tertiary/aromatic N) is 1. The van der Waals surface area contributed by atoms with E-state index < -0.39 is 0 Å². The van der Waals surface area contributed by atoms with Crippen LogP contribution in [0, 0.1) is 0 Å². The van der Waals surface area contributed by atoms with Gasteiger partial charge in [0, 0.05) is 30.6 Å². The van der Waals surface area contributed by atoms with E-state index in [0.29, 0.717) is 6.04 Å². The van der Waals surface area contributed by atoms with Crippen molar-refractivity contribution in [1.82, 2.24) is 4.90 Å². The summed E-state index contributed by atoms with van der Waals surface area (Å²) in [6.45, 7) is 8.47. The lowest BCUT2D eigenvalue weighted by atomic mass is 10.3. The molecular formula is C8H15NS. The Balaban J connectivity index is 2.30. The van der Waals surface area contributed by atoms with Crippen LogP contribution >= 0.6 is 11.8 Å². The first-order valence-electron chi connectivity index (χ1n) is 3.79. The Morgan fingerprint density at radius 2 is 2.10 bits per heavy atom. The van der Waals surface area contributed by atoms with Crippen LogP contribution in [-0.2, 0) is 0 Å². The molecule has 2 heteroatoms. The van der Waals surface area contributed by atoms with Crippen molar-refractivity contribution < 1.29 is 0 Å². The lowest BCUT2D eigenvalue weighted by molar-refractivity contribution is 0.267. The van der Waals surface area contributed by atoms with Crippen LogP contribution in [0.5, 0.6) is 0 Å². The molecule has 0 amide bonds. The smallest absolute Gasteiger partial charge is 0.0247 e. The molecule has 0 aromatic rings. The molecule has 1 unspecified atom stereocenters. The predicted molar refractivity (Wildman–Crippen MR) is 48.6 cm³/mol. The monoisotopic (exact) mass is 157 g/mol. The third-order valence-corrected chi connectivity index (χ3v) is 2.91. The SMILES string of the molecule is C=CC(C)N1CCSCC1. The lowest BCUT2D eigenvalue weighted by Gasteiger charge is -2.29. The quantitative estimate of drug-likeness (QED) is 0.560. The molecule has 1 aliphatic rings. The first-order chi connectivity index (χ1) is 4.84. The molecule has 0 N–H and O–H groups in total. The predicted octanol–water partition coefficient (Wildman–Crippen LogP) is 1.61. The molecule has 0 radical (unpaired) electrons. The Hall–Kier alpha value is 0.0500. The van der Waals surface area contributed by atoms with Gasteiger partial charge < -0.3 is 0 Å². The first-order valence-corrected chi connectivity index (χ1v) is 4.94. The molecule has 0 spiro atoms. The molecule has 1 fully saturated rings. The number of rotatable bonds is 2. The van der Waals surface area contributed by atoms with Crippen LogP contribution in [0.2, 0.25) is 0 Å². The van der Waals surface area contributed by atoms with E-state index >= 15 is 0 Å². The van der Waals surface area contributed by atoms with Crippen molar-refractivity contribution in [2.75, 3.05) is 24.6 Å². The van der Waals surface area contributed by atoms with Crippen molar-refractivity contribution in [2.45, 2.75) is 13.0 Å². The highest BCUT2D eigenvalue weighted by molar-refractivity contribution is 7.99. The Labute approximate surface area is 67.5 Å². The zero-order valence-corrected chi connectivity index (χ0v) is 7.36. The summed E-state index contributed by atoms with van der Waals surface area (Å²) in [6, 6.07) is 0.570. The fraction of sp³-hybridized carbons (Fsp3) is 0.750. The molecule has 10 heavy (non-hydrogen) atoms. The highest BCUT2D eigenvalue weighted by Gasteiger charge is 2.13. The minimum Gasteiger partial charge on any atom is -0.296 e. The maximum Gasteiger partial charge on any atom is 0.0247 e. The molecule has 1 heterocycles. The zero-order valence-electron chi connectivity index (χ0n) is 6.55. The number of hydrogen-bond acceptors (Lipinski definition) is 2. The Bertz CT molecular complexity index is 108. The summed E-state index contributed by atoms with van der Waals surface area (Å²) in [5.74, 6) is 2.58. The average Bonchev–Trinajstić information content (AvgIpc) is 2.05. The summed E-state index contributed by atoms with van der Waals surface area (Å²) in [4.78, 5) is 2.48. The second-order valence-corrected chi connectivity index (χ2v) is 3.85. The van der Waals surface area contributed by atoms with E-state index in [1.807, 2.05) is 6.08 Å². The second kappa shape index (κ2) is 4.04. The fourth-order valence-electron chi connectivity index (χ4n) is 1.13. The number of hydrogen-bond donors (Lipinski definition) is 0. The third kappa shape index (κ3) is 2.03. The van der Waals surface area contributed by atoms with Gasteiger partial charge in [-0.05, 0) is 6.92 Å². The summed E-state index contributed by atoms with van der Waals surface area (Å²) < 4.78 is 0. The molecule has 0 aliphatic carbocycles. The topological polar surface area (TPSA) is 3.24 Å². The summed E-state index contributed by atoms with van der Waals surface area (Å²) in [5.41, 5.74) is 0. The van der Waals surface area contributed by atoms with Gasteiger partial charge in [-0.25, -0.2) is 0 Å². The van der Waals surface area contributed by atoms with E-state index in [-0.39, 0.29) is 0 Å². The molecule has 1 aliphatic heterocycles. The molecular weight excluding hydrogens is 142 g/mol. The van der Waals surface area contributed by atoms with Crippen molar-refractivity contribution in [2.24, 2.45) is 0 Å². The van der Waals surface area contributed by atoms with E-state index in [0.717, 1.165) is 0 Å². The summed E-state index contributed by atoms with van der Waals surface area (Å²) >= 11 is 2.05. The van der Waals surface area contributed by atoms with Crippen LogP contribution in [0.25, 0.3) is 0 Å². The molecule has 0 aromatic carbocycles. The van der Waals surface area contributed by atoms with Gasteiger partial charge in [0.25, 0.3) is 0 Å². The second-order valence-electron chi connectivity index (χ2n) is 2.62. The van der Waals surface area contributed by atoms with E-state index in [1.165, 1.54) is 24.6 Å². The van der Waals surface area contributed by atoms with Gasteiger partial charge in [-0.2, -0.15) is 11.8 Å². The van der Waals surface area contributed by atoms with Gasteiger partial charge in [0.15, 0.2) is 0 Å². The minimum atomic E-state index is 0.570. The van der Waals surface area contributed by atoms with E-state index in [1.54, 1.807) is 0 Å². The average molecular weight is 157 g/mol. The van der Waals surface area contributed by atoms with Gasteiger partial charge in [-0.15, -0.1) is 6.58 Å². The van der Waals surface area contributed by atoms with Crippen LogP contribution in [-0.4, -0.2) is 35.5 Å². The van der Waals surface area contributed by atoms with Crippen LogP contribution in [0.1, 0.15) is 6.92 Å². The largest absolute Gasteiger partial charge is 0.296 e. The van der Waals surface area contributed by atoms with Crippen LogP contribution in [0.15, 0.2) is 12.7 Å². The third-order valence-electron chi connectivity index (χ3n) is 1.96. The maximum atomic E-state index is 3.79. The lowest BCUT2D eigenvalue weighted by Crippen LogP contribution is -2.38. The first kappa shape index (κ1) is 8.15. The standard InChI is InChI=1S/C8H15NS/c1-3-8(2)9-4-6-10-7-5-9/h3,8H,1,4-7H2,2H3. The summed E-state index contributed by atoms with van der Waals surface area (Å²) in [6.07, 6.45) is 2.02. The van der Waals surface area contributed by atoms with Crippen molar-refractivity contribution in [3.05, 3.63) is 12.7 Å². The fourth-order valence-corrected chi connectivity index (χ4v) is 2.07. The van der Waals surface area contributed by atoms with Gasteiger partial charge in [0.05, 0.1) is 0 Å². The summed E-state index contributed by atoms with van der Waals surface area (Å²) in [5, 5.41) is 0. The Morgan fingerprint density at radius 1 is 1.50 bits per heavy atom. The molecule has 1 atom stereocenters. The maximum absolute atomic E-state index is 3.79. The molecule has 1 rings (SSSR count). The van der Waals surface area contributed by atoms with Crippen molar-refractivity contribution >= 4 is 11.8 Å². The Morgan fingerprint density at radius 3 is 2.60 bits per heavy atom. The van der Waals surface area contributed by atoms with Crippen molar-refractivity contribution in [3.63, 3.8) is 0 Å². The van der Waals surface area contributed by atoms with Gasteiger partial charge in [0.2, 0.25) is 0 Å². The van der Waals surface area contributed by atoms with Crippen molar-refractivity contribution in [1.29, 1.82) is 0 Å². The van der Waals surface area contributed by atoms with E-state index in [2.05, 4.69) is 30.2 Å². The van der Waals surface area contributed by atoms with Crippen LogP contribution in [0.3, 0.4) is 0 Å². The van der Waals surface area contributed by atoms with E-state index in [4.69, 9.17) is 0 Å². The van der Waals surface area contributed by atoms with Crippen molar-refractivity contribution in [3.8, 4) is 0 Å². The van der Waals surface area contributed by atoms with Crippen LogP contribution in [0.4, 0.5) is 0 Å². The van der Waals surface area contributed by atoms with Crippen LogP contribution < -0.4 is 0 Å². The normalized spacial score (nSPS) is 24.1. The van der Waals surface area contributed by atoms with Gasteiger partial charge in [-0.1, -0.05) is 6.08 Å². The van der Waals surface area contributed by atoms with Gasteiger partial charge >= 0.3 is 0 Å². The molecule has 0 bridgehead atoms. The zero-order chi connectivity index (χ0) is 7.40. The molecule has 58 valence electrons. The van der Waals surface area contributed by atoms with Gasteiger partial charge in [0.1, 0.15) is 0 Å². The molecule has 0 aromatic heterocycles. The highest BCUT2D eigenvalue weighted by Crippen LogP contribution is 2.11. The minimum absolute atomic E-state index is 0.570. The highest BCUT2D eigenvalue weighted by atomic mass is 32.2. The summed E-state index contributed by atoms with van der Waals surface area (Å²) in [7, 11) is 0. The Kier molecular flexibility index (Phi) is 3.29. The van der Waals surface area contributed by atoms with E-state index in [9.17, 15) is 0 Å². The van der Waals surface area contributed by atoms with Gasteiger partial charge in [-0.3, -0.25) is 4.90 Å². The molecule has 1 saturated heterocycles. The molecule has 1 nitrogen and oxygen atoms in total.